The van der Waals surface area contributed by atoms with E-state index in [4.69, 9.17) is 9.97 Å². The summed E-state index contributed by atoms with van der Waals surface area (Å²) in [6.07, 6.45) is 3.68. The van der Waals surface area contributed by atoms with Gasteiger partial charge in [0.2, 0.25) is 0 Å². The molecule has 164 valence electrons. The summed E-state index contributed by atoms with van der Waals surface area (Å²) in [5.74, 6) is 0.776. The first-order chi connectivity index (χ1) is 16.2. The minimum atomic E-state index is -0.454. The first-order valence-electron chi connectivity index (χ1n) is 11.0. The molecular weight excluding hydrogens is 414 g/mol. The summed E-state index contributed by atoms with van der Waals surface area (Å²) in [4.78, 5) is 17.3. The van der Waals surface area contributed by atoms with Crippen molar-refractivity contribution in [2.75, 3.05) is 0 Å². The molecule has 3 N–H and O–H groups in total. The zero-order chi connectivity index (χ0) is 22.4. The summed E-state index contributed by atoms with van der Waals surface area (Å²) >= 11 is 0. The standard InChI is InChI=1S/C25H23N7O/c1-15-5-4-8-19(29-15)25-23(17-9-10-22-27-14-28-32(22)13-17)30-21(31-25)12-26-24-18-7-3-2-6-16(18)11-20(24)33/h2-10,13-14,20,24,26,33H,11-12H2,1H3,(H,30,31)/t20-,24-/m0/s1. The van der Waals surface area contributed by atoms with Gasteiger partial charge >= 0.3 is 0 Å². The van der Waals surface area contributed by atoms with Crippen molar-refractivity contribution in [3.8, 4) is 22.6 Å². The Morgan fingerprint density at radius 3 is 2.91 bits per heavy atom. The first-order valence-corrected chi connectivity index (χ1v) is 11.0. The molecule has 8 heteroatoms. The number of aromatic nitrogens is 6. The average molecular weight is 438 g/mol. The number of aliphatic hydroxyl groups excluding tert-OH is 1. The van der Waals surface area contributed by atoms with Gasteiger partial charge in [-0.25, -0.2) is 14.5 Å². The Kier molecular flexibility index (Phi) is 4.74. The molecule has 0 unspecified atom stereocenters. The third-order valence-electron chi connectivity index (χ3n) is 6.14. The van der Waals surface area contributed by atoms with Crippen LogP contribution in [0.2, 0.25) is 0 Å². The summed E-state index contributed by atoms with van der Waals surface area (Å²) in [5, 5.41) is 18.4. The molecule has 1 aliphatic carbocycles. The Balaban J connectivity index is 1.36. The maximum Gasteiger partial charge on any atom is 0.155 e. The molecule has 4 aromatic heterocycles. The largest absolute Gasteiger partial charge is 0.391 e. The number of aliphatic hydroxyl groups is 1. The highest BCUT2D eigenvalue weighted by Crippen LogP contribution is 2.32. The van der Waals surface area contributed by atoms with Gasteiger partial charge in [-0.1, -0.05) is 30.3 Å². The summed E-state index contributed by atoms with van der Waals surface area (Å²) in [7, 11) is 0. The lowest BCUT2D eigenvalue weighted by molar-refractivity contribution is 0.140. The summed E-state index contributed by atoms with van der Waals surface area (Å²) < 4.78 is 1.74. The second-order valence-electron chi connectivity index (χ2n) is 8.38. The Morgan fingerprint density at radius 1 is 1.09 bits per heavy atom. The van der Waals surface area contributed by atoms with Crippen molar-refractivity contribution < 1.29 is 5.11 Å². The SMILES string of the molecule is Cc1cccc(-c2nc(CN[C@H]3c4ccccc4C[C@@H]3O)[nH]c2-c2ccc3ncnn3c2)n1. The smallest absolute Gasteiger partial charge is 0.155 e. The van der Waals surface area contributed by atoms with Crippen LogP contribution in [0, 0.1) is 6.92 Å². The van der Waals surface area contributed by atoms with Crippen LogP contribution in [0.15, 0.2) is 67.1 Å². The topological polar surface area (TPSA) is 104 Å². The zero-order valence-corrected chi connectivity index (χ0v) is 18.1. The lowest BCUT2D eigenvalue weighted by Crippen LogP contribution is -2.28. The number of fused-ring (bicyclic) bond motifs is 2. The van der Waals surface area contributed by atoms with E-state index in [0.29, 0.717) is 13.0 Å². The number of aromatic amines is 1. The molecule has 33 heavy (non-hydrogen) atoms. The first kappa shape index (κ1) is 19.8. The molecule has 4 heterocycles. The molecule has 8 nitrogen and oxygen atoms in total. The van der Waals surface area contributed by atoms with Crippen LogP contribution in [0.5, 0.6) is 0 Å². The van der Waals surface area contributed by atoms with Gasteiger partial charge < -0.3 is 15.4 Å². The minimum Gasteiger partial charge on any atom is -0.391 e. The van der Waals surface area contributed by atoms with E-state index >= 15 is 0 Å². The minimum absolute atomic E-state index is 0.123. The Morgan fingerprint density at radius 2 is 2.00 bits per heavy atom. The number of H-pyrrole nitrogens is 1. The molecule has 0 bridgehead atoms. The summed E-state index contributed by atoms with van der Waals surface area (Å²) in [6.45, 7) is 2.46. The van der Waals surface area contributed by atoms with E-state index in [2.05, 4.69) is 32.5 Å². The number of nitrogens with zero attached hydrogens (tertiary/aromatic N) is 5. The summed E-state index contributed by atoms with van der Waals surface area (Å²) in [5.41, 5.74) is 7.44. The predicted molar refractivity (Wildman–Crippen MR) is 124 cm³/mol. The highest BCUT2D eigenvalue weighted by atomic mass is 16.3. The molecular formula is C25H23N7O. The quantitative estimate of drug-likeness (QED) is 0.390. The van der Waals surface area contributed by atoms with Crippen LogP contribution in [-0.4, -0.2) is 40.8 Å². The second kappa shape index (κ2) is 7.91. The monoisotopic (exact) mass is 437 g/mol. The van der Waals surface area contributed by atoms with Gasteiger partial charge in [0.05, 0.1) is 30.1 Å². The van der Waals surface area contributed by atoms with Crippen molar-refractivity contribution >= 4 is 5.65 Å². The van der Waals surface area contributed by atoms with Gasteiger partial charge in [-0.2, -0.15) is 5.10 Å². The fourth-order valence-electron chi connectivity index (χ4n) is 4.57. The third-order valence-corrected chi connectivity index (χ3v) is 6.14. The van der Waals surface area contributed by atoms with Crippen molar-refractivity contribution in [1.29, 1.82) is 0 Å². The van der Waals surface area contributed by atoms with Gasteiger partial charge in [-0.05, 0) is 42.3 Å². The van der Waals surface area contributed by atoms with Crippen molar-refractivity contribution in [3.05, 3.63) is 89.8 Å². The van der Waals surface area contributed by atoms with Crippen LogP contribution in [0.3, 0.4) is 0 Å². The van der Waals surface area contributed by atoms with Gasteiger partial charge in [0, 0.05) is 23.9 Å². The molecule has 1 aliphatic rings. The molecule has 0 amide bonds. The van der Waals surface area contributed by atoms with Crippen molar-refractivity contribution in [2.24, 2.45) is 0 Å². The van der Waals surface area contributed by atoms with Crippen LogP contribution in [0.1, 0.15) is 28.7 Å². The van der Waals surface area contributed by atoms with E-state index in [1.807, 2.05) is 55.6 Å². The fraction of sp³-hybridized carbons (Fsp3) is 0.200. The molecule has 6 rings (SSSR count). The molecule has 0 spiro atoms. The number of nitrogens with one attached hydrogen (secondary N) is 2. The molecule has 0 radical (unpaired) electrons. The van der Waals surface area contributed by atoms with Gasteiger partial charge in [0.25, 0.3) is 0 Å². The van der Waals surface area contributed by atoms with Crippen LogP contribution in [0.4, 0.5) is 0 Å². The second-order valence-corrected chi connectivity index (χ2v) is 8.38. The lowest BCUT2D eigenvalue weighted by Gasteiger charge is -2.17. The predicted octanol–water partition coefficient (Wildman–Crippen LogP) is 3.24. The van der Waals surface area contributed by atoms with E-state index in [0.717, 1.165) is 45.4 Å². The number of aryl methyl sites for hydroxylation is 1. The van der Waals surface area contributed by atoms with Gasteiger partial charge in [0.1, 0.15) is 17.8 Å². The van der Waals surface area contributed by atoms with Crippen LogP contribution >= 0.6 is 0 Å². The Hall–Kier alpha value is -3.88. The number of hydrogen-bond donors (Lipinski definition) is 3. The Labute approximate surface area is 190 Å². The summed E-state index contributed by atoms with van der Waals surface area (Å²) in [6, 6.07) is 17.9. The van der Waals surface area contributed by atoms with Crippen molar-refractivity contribution in [3.63, 3.8) is 0 Å². The maximum atomic E-state index is 10.6. The Bertz CT molecular complexity index is 1450. The highest BCUT2D eigenvalue weighted by molar-refractivity contribution is 5.77. The molecule has 1 aromatic carbocycles. The number of imidazole rings is 1. The lowest BCUT2D eigenvalue weighted by atomic mass is 10.1. The molecule has 0 saturated carbocycles. The average Bonchev–Trinajstić information content (AvgIpc) is 3.53. The van der Waals surface area contributed by atoms with Crippen molar-refractivity contribution in [1.82, 2.24) is 34.9 Å². The van der Waals surface area contributed by atoms with Crippen LogP contribution < -0.4 is 5.32 Å². The molecule has 0 saturated heterocycles. The third kappa shape index (κ3) is 3.59. The van der Waals surface area contributed by atoms with E-state index in [9.17, 15) is 5.11 Å². The van der Waals surface area contributed by atoms with E-state index in [1.54, 1.807) is 4.52 Å². The van der Waals surface area contributed by atoms with Crippen LogP contribution in [0.25, 0.3) is 28.3 Å². The van der Waals surface area contributed by atoms with E-state index < -0.39 is 6.10 Å². The molecule has 2 atom stereocenters. The van der Waals surface area contributed by atoms with Crippen LogP contribution in [-0.2, 0) is 13.0 Å². The van der Waals surface area contributed by atoms with E-state index in [1.165, 1.54) is 11.9 Å². The normalized spacial score (nSPS) is 17.5. The fourth-order valence-corrected chi connectivity index (χ4v) is 4.57. The van der Waals surface area contributed by atoms with Crippen molar-refractivity contribution in [2.45, 2.75) is 32.0 Å². The molecule has 5 aromatic rings. The van der Waals surface area contributed by atoms with Gasteiger partial charge in [0.15, 0.2) is 5.65 Å². The zero-order valence-electron chi connectivity index (χ0n) is 18.1. The number of rotatable bonds is 5. The molecule has 0 aliphatic heterocycles. The maximum absolute atomic E-state index is 10.6. The van der Waals surface area contributed by atoms with Gasteiger partial charge in [-0.3, -0.25) is 4.98 Å². The van der Waals surface area contributed by atoms with E-state index in [-0.39, 0.29) is 6.04 Å². The number of pyridine rings is 2. The highest BCUT2D eigenvalue weighted by Gasteiger charge is 2.30. The number of hydrogen-bond acceptors (Lipinski definition) is 6. The molecule has 0 fully saturated rings. The van der Waals surface area contributed by atoms with Gasteiger partial charge in [-0.15, -0.1) is 0 Å². The number of benzene rings is 1.